The predicted octanol–water partition coefficient (Wildman–Crippen LogP) is 2.63. The van der Waals surface area contributed by atoms with Gasteiger partial charge in [0.2, 0.25) is 5.95 Å². The van der Waals surface area contributed by atoms with Crippen molar-refractivity contribution in [2.45, 2.75) is 6.42 Å². The van der Waals surface area contributed by atoms with E-state index < -0.39 is 0 Å². The highest BCUT2D eigenvalue weighted by molar-refractivity contribution is 5.63. The third kappa shape index (κ3) is 4.00. The zero-order chi connectivity index (χ0) is 15.9. The smallest absolute Gasteiger partial charge is 0.224 e. The van der Waals surface area contributed by atoms with Crippen LogP contribution < -0.4 is 10.6 Å². The number of nitrogens with one attached hydrogen (secondary N) is 2. The highest BCUT2D eigenvalue weighted by atomic mass is 15.1. The highest BCUT2D eigenvalue weighted by Gasteiger charge is 2.06. The molecule has 0 atom stereocenters. The van der Waals surface area contributed by atoms with E-state index in [1.807, 2.05) is 43.4 Å². The minimum absolute atomic E-state index is 0.583. The first kappa shape index (κ1) is 14.9. The maximum absolute atomic E-state index is 4.49. The molecule has 3 heterocycles. The second-order valence-electron chi connectivity index (χ2n) is 4.95. The molecule has 3 rings (SSSR count). The summed E-state index contributed by atoms with van der Waals surface area (Å²) in [7, 11) is 1.81. The van der Waals surface area contributed by atoms with Crippen molar-refractivity contribution in [3.8, 4) is 11.3 Å². The maximum atomic E-state index is 4.49. The standard InChI is InChI=1S/C17H18N6/c1-18-17-22-15(13-5-9-19-10-6-13)12-16(23-17)21-11-7-14-4-2-3-8-20-14/h2-6,8-10,12H,7,11H2,1H3,(H2,18,21,22,23). The number of aromatic nitrogens is 4. The van der Waals surface area contributed by atoms with E-state index in [4.69, 9.17) is 0 Å². The Balaban J connectivity index is 1.74. The lowest BCUT2D eigenvalue weighted by molar-refractivity contribution is 0.951. The van der Waals surface area contributed by atoms with Gasteiger partial charge < -0.3 is 10.6 Å². The first-order chi connectivity index (χ1) is 11.3. The number of hydrogen-bond donors (Lipinski definition) is 2. The SMILES string of the molecule is CNc1nc(NCCc2ccccn2)cc(-c2ccncc2)n1. The van der Waals surface area contributed by atoms with Gasteiger partial charge in [0.05, 0.1) is 5.69 Å². The summed E-state index contributed by atoms with van der Waals surface area (Å²) in [5, 5.41) is 6.33. The van der Waals surface area contributed by atoms with Crippen molar-refractivity contribution in [2.24, 2.45) is 0 Å². The van der Waals surface area contributed by atoms with E-state index in [1.54, 1.807) is 18.6 Å². The number of nitrogens with zero attached hydrogens (tertiary/aromatic N) is 4. The number of hydrogen-bond acceptors (Lipinski definition) is 6. The Morgan fingerprint density at radius 2 is 1.87 bits per heavy atom. The quantitative estimate of drug-likeness (QED) is 0.729. The van der Waals surface area contributed by atoms with E-state index in [9.17, 15) is 0 Å². The van der Waals surface area contributed by atoms with Crippen LogP contribution in [0.1, 0.15) is 5.69 Å². The van der Waals surface area contributed by atoms with Crippen LogP contribution in [0.4, 0.5) is 11.8 Å². The Hall–Kier alpha value is -3.02. The van der Waals surface area contributed by atoms with Gasteiger partial charge in [-0.15, -0.1) is 0 Å². The van der Waals surface area contributed by atoms with E-state index in [-0.39, 0.29) is 0 Å². The van der Waals surface area contributed by atoms with Crippen LogP contribution in [0.3, 0.4) is 0 Å². The van der Waals surface area contributed by atoms with Crippen LogP contribution in [-0.4, -0.2) is 33.5 Å². The molecular formula is C17H18N6. The molecule has 0 fully saturated rings. The van der Waals surface area contributed by atoms with Crippen molar-refractivity contribution in [1.29, 1.82) is 0 Å². The van der Waals surface area contributed by atoms with Crippen molar-refractivity contribution >= 4 is 11.8 Å². The summed E-state index contributed by atoms with van der Waals surface area (Å²) in [4.78, 5) is 17.3. The fourth-order valence-electron chi connectivity index (χ4n) is 2.18. The van der Waals surface area contributed by atoms with Gasteiger partial charge in [-0.2, -0.15) is 4.98 Å². The molecule has 0 unspecified atom stereocenters. The van der Waals surface area contributed by atoms with E-state index in [2.05, 4.69) is 30.6 Å². The number of anilines is 2. The molecular weight excluding hydrogens is 288 g/mol. The summed E-state index contributed by atoms with van der Waals surface area (Å²) in [6.45, 7) is 0.757. The van der Waals surface area contributed by atoms with Crippen molar-refractivity contribution in [1.82, 2.24) is 19.9 Å². The Morgan fingerprint density at radius 1 is 1.00 bits per heavy atom. The lowest BCUT2D eigenvalue weighted by Gasteiger charge is -2.09. The largest absolute Gasteiger partial charge is 0.369 e. The molecule has 0 amide bonds. The molecule has 0 saturated heterocycles. The van der Waals surface area contributed by atoms with Gasteiger partial charge in [-0.05, 0) is 24.3 Å². The van der Waals surface area contributed by atoms with Gasteiger partial charge >= 0.3 is 0 Å². The first-order valence-electron chi connectivity index (χ1n) is 7.46. The summed E-state index contributed by atoms with van der Waals surface area (Å²) in [6, 6.07) is 11.7. The van der Waals surface area contributed by atoms with Gasteiger partial charge in [-0.3, -0.25) is 9.97 Å². The molecule has 116 valence electrons. The lowest BCUT2D eigenvalue weighted by atomic mass is 10.2. The lowest BCUT2D eigenvalue weighted by Crippen LogP contribution is -2.09. The Labute approximate surface area is 135 Å². The van der Waals surface area contributed by atoms with Crippen LogP contribution in [0.5, 0.6) is 0 Å². The zero-order valence-corrected chi connectivity index (χ0v) is 12.9. The molecule has 0 aromatic carbocycles. The predicted molar refractivity (Wildman–Crippen MR) is 91.2 cm³/mol. The molecule has 0 aliphatic carbocycles. The average molecular weight is 306 g/mol. The summed E-state index contributed by atoms with van der Waals surface area (Å²) < 4.78 is 0. The average Bonchev–Trinajstić information content (AvgIpc) is 2.63. The molecule has 3 aromatic rings. The fourth-order valence-corrected chi connectivity index (χ4v) is 2.18. The molecule has 0 spiro atoms. The molecule has 6 heteroatoms. The molecule has 23 heavy (non-hydrogen) atoms. The fraction of sp³-hybridized carbons (Fsp3) is 0.176. The third-order valence-corrected chi connectivity index (χ3v) is 3.34. The van der Waals surface area contributed by atoms with Gasteiger partial charge in [-0.25, -0.2) is 4.98 Å². The molecule has 6 nitrogen and oxygen atoms in total. The summed E-state index contributed by atoms with van der Waals surface area (Å²) >= 11 is 0. The van der Waals surface area contributed by atoms with Crippen LogP contribution in [0, 0.1) is 0 Å². The maximum Gasteiger partial charge on any atom is 0.224 e. The third-order valence-electron chi connectivity index (χ3n) is 3.34. The molecule has 0 aliphatic rings. The van der Waals surface area contributed by atoms with Crippen LogP contribution in [0.2, 0.25) is 0 Å². The van der Waals surface area contributed by atoms with Crippen LogP contribution in [0.15, 0.2) is 55.0 Å². The van der Waals surface area contributed by atoms with Crippen LogP contribution >= 0.6 is 0 Å². The van der Waals surface area contributed by atoms with Crippen LogP contribution in [-0.2, 0) is 6.42 Å². The van der Waals surface area contributed by atoms with E-state index >= 15 is 0 Å². The molecule has 0 bridgehead atoms. The van der Waals surface area contributed by atoms with Gasteiger partial charge in [0.25, 0.3) is 0 Å². The van der Waals surface area contributed by atoms with E-state index in [0.29, 0.717) is 5.95 Å². The Morgan fingerprint density at radius 3 is 2.61 bits per heavy atom. The second kappa shape index (κ2) is 7.31. The summed E-state index contributed by atoms with van der Waals surface area (Å²) in [5.74, 6) is 1.37. The monoisotopic (exact) mass is 306 g/mol. The normalized spacial score (nSPS) is 10.3. The van der Waals surface area contributed by atoms with Gasteiger partial charge in [-0.1, -0.05) is 6.07 Å². The number of pyridine rings is 2. The highest BCUT2D eigenvalue weighted by Crippen LogP contribution is 2.20. The Bertz CT molecular complexity index is 746. The van der Waals surface area contributed by atoms with Crippen LogP contribution in [0.25, 0.3) is 11.3 Å². The topological polar surface area (TPSA) is 75.6 Å². The first-order valence-corrected chi connectivity index (χ1v) is 7.46. The molecule has 2 N–H and O–H groups in total. The van der Waals surface area contributed by atoms with Gasteiger partial charge in [0, 0.05) is 55.9 Å². The molecule has 3 aromatic heterocycles. The van der Waals surface area contributed by atoms with Crippen molar-refractivity contribution in [2.75, 3.05) is 24.2 Å². The van der Waals surface area contributed by atoms with E-state index in [0.717, 1.165) is 35.7 Å². The second-order valence-corrected chi connectivity index (χ2v) is 4.95. The number of rotatable bonds is 6. The minimum atomic E-state index is 0.583. The molecule has 0 saturated carbocycles. The van der Waals surface area contributed by atoms with Crippen molar-refractivity contribution in [3.63, 3.8) is 0 Å². The molecule has 0 radical (unpaired) electrons. The van der Waals surface area contributed by atoms with Crippen molar-refractivity contribution < 1.29 is 0 Å². The zero-order valence-electron chi connectivity index (χ0n) is 12.9. The van der Waals surface area contributed by atoms with E-state index in [1.165, 1.54) is 0 Å². The summed E-state index contributed by atoms with van der Waals surface area (Å²) in [5.41, 5.74) is 2.91. The summed E-state index contributed by atoms with van der Waals surface area (Å²) in [6.07, 6.45) is 6.15. The molecule has 0 aliphatic heterocycles. The minimum Gasteiger partial charge on any atom is -0.369 e. The van der Waals surface area contributed by atoms with Gasteiger partial charge in [0.1, 0.15) is 5.82 Å². The van der Waals surface area contributed by atoms with Crippen molar-refractivity contribution in [3.05, 3.63) is 60.7 Å². The Kier molecular flexibility index (Phi) is 4.73. The van der Waals surface area contributed by atoms with Gasteiger partial charge in [0.15, 0.2) is 0 Å².